The van der Waals surface area contributed by atoms with E-state index in [1.165, 1.54) is 17.0 Å². The first-order valence-electron chi connectivity index (χ1n) is 10.8. The summed E-state index contributed by atoms with van der Waals surface area (Å²) in [6.45, 7) is 6.09. The molecule has 2 fully saturated rings. The van der Waals surface area contributed by atoms with Gasteiger partial charge in [-0.25, -0.2) is 9.18 Å². The molecular formula is C22H31ClFN3O5. The molecule has 0 spiro atoms. The third-order valence-electron chi connectivity index (χ3n) is 5.58. The number of β-amino-alcohol motifs (C(OH)–C–C–N with tert-alkyl or cyclic N) is 1. The van der Waals surface area contributed by atoms with Crippen LogP contribution < -0.4 is 5.32 Å². The molecule has 2 amide bonds. The lowest BCUT2D eigenvalue weighted by atomic mass is 10.0. The Hall–Kier alpha value is -2.10. The van der Waals surface area contributed by atoms with Crippen LogP contribution in [0.15, 0.2) is 18.2 Å². The quantitative estimate of drug-likeness (QED) is 0.626. The zero-order valence-electron chi connectivity index (χ0n) is 18.6. The van der Waals surface area contributed by atoms with Gasteiger partial charge in [0.25, 0.3) is 0 Å². The molecule has 0 aromatic heterocycles. The van der Waals surface area contributed by atoms with Crippen molar-refractivity contribution in [2.24, 2.45) is 0 Å². The Labute approximate surface area is 192 Å². The highest BCUT2D eigenvalue weighted by Gasteiger charge is 2.40. The summed E-state index contributed by atoms with van der Waals surface area (Å²) in [6, 6.07) is 2.61. The molecule has 0 aliphatic carbocycles. The maximum absolute atomic E-state index is 13.7. The molecule has 4 atom stereocenters. The van der Waals surface area contributed by atoms with E-state index in [2.05, 4.69) is 5.32 Å². The van der Waals surface area contributed by atoms with E-state index in [1.54, 1.807) is 25.7 Å². The van der Waals surface area contributed by atoms with Crippen LogP contribution in [-0.2, 0) is 9.53 Å². The van der Waals surface area contributed by atoms with E-state index in [-0.39, 0.29) is 36.5 Å². The van der Waals surface area contributed by atoms with Crippen molar-refractivity contribution < 1.29 is 28.9 Å². The van der Waals surface area contributed by atoms with Gasteiger partial charge in [-0.3, -0.25) is 4.79 Å². The van der Waals surface area contributed by atoms with Gasteiger partial charge in [-0.15, -0.1) is 0 Å². The van der Waals surface area contributed by atoms with E-state index in [9.17, 15) is 24.2 Å². The van der Waals surface area contributed by atoms with Crippen molar-refractivity contribution in [3.8, 4) is 0 Å². The normalized spacial score (nSPS) is 27.2. The molecule has 0 saturated carbocycles. The van der Waals surface area contributed by atoms with Crippen LogP contribution in [0, 0.1) is 5.82 Å². The number of benzene rings is 1. The highest BCUT2D eigenvalue weighted by molar-refractivity contribution is 6.30. The van der Waals surface area contributed by atoms with Gasteiger partial charge in [-0.2, -0.15) is 0 Å². The van der Waals surface area contributed by atoms with Crippen molar-refractivity contribution in [1.82, 2.24) is 9.80 Å². The number of amides is 2. The van der Waals surface area contributed by atoms with Crippen LogP contribution in [0.4, 0.5) is 14.9 Å². The third-order valence-corrected chi connectivity index (χ3v) is 5.80. The van der Waals surface area contributed by atoms with Crippen LogP contribution in [0.1, 0.15) is 40.0 Å². The number of nitrogens with zero attached hydrogens (tertiary/aromatic N) is 2. The lowest BCUT2D eigenvalue weighted by Crippen LogP contribution is -2.55. The summed E-state index contributed by atoms with van der Waals surface area (Å²) >= 11 is 5.92. The van der Waals surface area contributed by atoms with Gasteiger partial charge in [0.05, 0.1) is 12.2 Å². The first-order valence-corrected chi connectivity index (χ1v) is 11.2. The monoisotopic (exact) mass is 471 g/mol. The number of nitrogens with one attached hydrogen (secondary N) is 1. The number of halogens is 2. The predicted molar refractivity (Wildman–Crippen MR) is 118 cm³/mol. The summed E-state index contributed by atoms with van der Waals surface area (Å²) < 4.78 is 19.2. The predicted octanol–water partition coefficient (Wildman–Crippen LogP) is 2.61. The zero-order valence-corrected chi connectivity index (χ0v) is 19.3. The number of hydrogen-bond donors (Lipinski definition) is 3. The molecule has 2 heterocycles. The fraction of sp³-hybridized carbons (Fsp3) is 0.636. The minimum absolute atomic E-state index is 0.0485. The van der Waals surface area contributed by atoms with Crippen LogP contribution in [0.3, 0.4) is 0 Å². The number of anilines is 1. The lowest BCUT2D eigenvalue weighted by molar-refractivity contribution is -0.136. The van der Waals surface area contributed by atoms with Crippen molar-refractivity contribution >= 4 is 29.3 Å². The number of aliphatic hydroxyl groups is 2. The first-order chi connectivity index (χ1) is 14.9. The molecule has 3 N–H and O–H groups in total. The Morgan fingerprint density at radius 1 is 1.22 bits per heavy atom. The summed E-state index contributed by atoms with van der Waals surface area (Å²) in [7, 11) is 0. The summed E-state index contributed by atoms with van der Waals surface area (Å²) in [5, 5.41) is 23.9. The van der Waals surface area contributed by atoms with Gasteiger partial charge in [0.2, 0.25) is 5.91 Å². The fourth-order valence-corrected chi connectivity index (χ4v) is 4.32. The Kier molecular flexibility index (Phi) is 7.52. The van der Waals surface area contributed by atoms with E-state index in [0.717, 1.165) is 6.07 Å². The summed E-state index contributed by atoms with van der Waals surface area (Å²) in [5.74, 6) is -0.893. The van der Waals surface area contributed by atoms with Crippen molar-refractivity contribution in [3.05, 3.63) is 29.0 Å². The number of carbonyl (C=O) groups is 2. The van der Waals surface area contributed by atoms with Gasteiger partial charge in [0.15, 0.2) is 0 Å². The van der Waals surface area contributed by atoms with E-state index >= 15 is 0 Å². The molecule has 0 radical (unpaired) electrons. The molecule has 2 saturated heterocycles. The summed E-state index contributed by atoms with van der Waals surface area (Å²) in [6.07, 6.45) is -1.47. The fourth-order valence-electron chi connectivity index (χ4n) is 4.10. The molecule has 10 heteroatoms. The Bertz CT molecular complexity index is 829. The van der Waals surface area contributed by atoms with Crippen molar-refractivity contribution in [1.29, 1.82) is 0 Å². The molecule has 0 bridgehead atoms. The maximum Gasteiger partial charge on any atom is 0.410 e. The highest BCUT2D eigenvalue weighted by atomic mass is 35.5. The van der Waals surface area contributed by atoms with E-state index in [0.29, 0.717) is 25.1 Å². The molecule has 1 aromatic rings. The second-order valence-electron chi connectivity index (χ2n) is 9.44. The molecule has 8 nitrogen and oxygen atoms in total. The Morgan fingerprint density at radius 3 is 2.59 bits per heavy atom. The van der Waals surface area contributed by atoms with Gasteiger partial charge >= 0.3 is 6.09 Å². The maximum atomic E-state index is 13.7. The number of aliphatic hydroxyl groups excluding tert-OH is 2. The minimum Gasteiger partial charge on any atom is -0.444 e. The largest absolute Gasteiger partial charge is 0.444 e. The Balaban J connectivity index is 1.78. The third kappa shape index (κ3) is 6.24. The molecule has 178 valence electrons. The van der Waals surface area contributed by atoms with Crippen molar-refractivity contribution in [2.45, 2.75) is 69.9 Å². The molecule has 32 heavy (non-hydrogen) atoms. The van der Waals surface area contributed by atoms with Crippen LogP contribution in [0.25, 0.3) is 0 Å². The van der Waals surface area contributed by atoms with Crippen LogP contribution in [0.5, 0.6) is 0 Å². The smallest absolute Gasteiger partial charge is 0.410 e. The molecule has 2 aliphatic rings. The average Bonchev–Trinajstić information content (AvgIpc) is 2.78. The first kappa shape index (κ1) is 24.5. The minimum atomic E-state index is -1.14. The van der Waals surface area contributed by atoms with Crippen LogP contribution >= 0.6 is 11.6 Å². The van der Waals surface area contributed by atoms with Gasteiger partial charge in [-0.1, -0.05) is 11.6 Å². The zero-order chi connectivity index (χ0) is 23.6. The molecule has 2 unspecified atom stereocenters. The highest BCUT2D eigenvalue weighted by Crippen LogP contribution is 2.26. The van der Waals surface area contributed by atoms with Gasteiger partial charge in [0.1, 0.15) is 17.5 Å². The topological polar surface area (TPSA) is 102 Å². The Morgan fingerprint density at radius 2 is 1.94 bits per heavy atom. The second kappa shape index (κ2) is 9.80. The number of hydrogen-bond acceptors (Lipinski definition) is 6. The van der Waals surface area contributed by atoms with Crippen LogP contribution in [0.2, 0.25) is 5.02 Å². The van der Waals surface area contributed by atoms with E-state index in [1.807, 2.05) is 0 Å². The van der Waals surface area contributed by atoms with E-state index < -0.39 is 35.8 Å². The molecule has 1 aromatic carbocycles. The number of rotatable bonds is 3. The summed E-state index contributed by atoms with van der Waals surface area (Å²) in [5.41, 5.74) is -0.333. The summed E-state index contributed by atoms with van der Waals surface area (Å²) in [4.78, 5) is 29.0. The van der Waals surface area contributed by atoms with E-state index in [4.69, 9.17) is 16.3 Å². The van der Waals surface area contributed by atoms with Gasteiger partial charge in [0, 0.05) is 42.8 Å². The number of likely N-dealkylation sites (tertiary alicyclic amines) is 2. The molecule has 3 rings (SSSR count). The number of piperidine rings is 1. The molecule has 2 aliphatic heterocycles. The SMILES string of the molecule is CC(C)(C)OC(=O)N1CCC[C@@H](N2CC(O)C(O)C[C@@H](Nc3cc(F)cc(Cl)c3)C2=O)C1. The van der Waals surface area contributed by atoms with Gasteiger partial charge in [-0.05, 0) is 51.8 Å². The number of carbonyl (C=O) groups excluding carboxylic acids is 2. The van der Waals surface area contributed by atoms with Gasteiger partial charge < -0.3 is 30.1 Å². The average molecular weight is 472 g/mol. The second-order valence-corrected chi connectivity index (χ2v) is 9.87. The van der Waals surface area contributed by atoms with Crippen molar-refractivity contribution in [3.63, 3.8) is 0 Å². The number of ether oxygens (including phenoxy) is 1. The van der Waals surface area contributed by atoms with Crippen LogP contribution in [-0.4, -0.2) is 81.5 Å². The molecular weight excluding hydrogens is 441 g/mol. The standard InChI is InChI=1S/C22H31ClFN3O5/c1-22(2,3)32-21(31)26-6-4-5-16(11-26)27-12-19(29)18(28)10-17(20(27)30)25-15-8-13(23)7-14(24)9-15/h7-9,16-19,25,28-29H,4-6,10-12H2,1-3H3/t16-,17-,18?,19?/m1/s1. The lowest BCUT2D eigenvalue weighted by Gasteiger charge is -2.40. The van der Waals surface area contributed by atoms with Crippen molar-refractivity contribution in [2.75, 3.05) is 25.0 Å².